The van der Waals surface area contributed by atoms with Gasteiger partial charge in [0.1, 0.15) is 18.4 Å². The van der Waals surface area contributed by atoms with Crippen LogP contribution in [0.1, 0.15) is 27.2 Å². The van der Waals surface area contributed by atoms with E-state index in [1.165, 1.54) is 0 Å². The molecule has 0 aliphatic carbocycles. The normalized spacial score (nSPS) is 10.5. The van der Waals surface area contributed by atoms with Gasteiger partial charge in [-0.05, 0) is 55.3 Å². The van der Waals surface area contributed by atoms with E-state index in [1.54, 1.807) is 12.1 Å². The first kappa shape index (κ1) is 19.2. The second-order valence-corrected chi connectivity index (χ2v) is 6.51. The molecule has 28 heavy (non-hydrogen) atoms. The number of carbonyl (C=O) groups excluding carboxylic acids is 1. The van der Waals surface area contributed by atoms with Crippen molar-refractivity contribution < 1.29 is 14.3 Å². The summed E-state index contributed by atoms with van der Waals surface area (Å²) < 4.78 is 12.8. The monoisotopic (exact) mass is 374 g/mol. The molecule has 1 aromatic heterocycles. The van der Waals surface area contributed by atoms with Crippen molar-refractivity contribution in [2.45, 2.75) is 20.4 Å². The number of carbonyl (C=O) groups is 1. The van der Waals surface area contributed by atoms with E-state index in [-0.39, 0.29) is 19.2 Å². The highest BCUT2D eigenvalue weighted by atomic mass is 16.5. The predicted molar refractivity (Wildman–Crippen MR) is 109 cm³/mol. The molecule has 3 aromatic rings. The van der Waals surface area contributed by atoms with Crippen LogP contribution in [0.3, 0.4) is 0 Å². The van der Waals surface area contributed by atoms with Crippen LogP contribution in [0.25, 0.3) is 10.9 Å². The standard InChI is InChI=1S/C23H22N2O3/c1-4-11-28-23(26)19-8-9-22-21(14-19)16(2)17(3)25(22)15-18-6-5-7-20(13-18)27-12-10-24/h4-9,13-14H,1,11-12,15H2,2-3H3. The van der Waals surface area contributed by atoms with E-state index in [0.29, 0.717) is 17.9 Å². The van der Waals surface area contributed by atoms with E-state index in [4.69, 9.17) is 14.7 Å². The van der Waals surface area contributed by atoms with Gasteiger partial charge in [-0.3, -0.25) is 0 Å². The highest BCUT2D eigenvalue weighted by Crippen LogP contribution is 2.28. The van der Waals surface area contributed by atoms with Gasteiger partial charge in [0.15, 0.2) is 6.61 Å². The minimum Gasteiger partial charge on any atom is -0.479 e. The van der Waals surface area contributed by atoms with Crippen LogP contribution in [0.5, 0.6) is 5.75 Å². The summed E-state index contributed by atoms with van der Waals surface area (Å²) in [5, 5.41) is 9.71. The Hall–Kier alpha value is -3.52. The highest BCUT2D eigenvalue weighted by molar-refractivity contribution is 5.96. The zero-order chi connectivity index (χ0) is 20.1. The summed E-state index contributed by atoms with van der Waals surface area (Å²) in [7, 11) is 0. The van der Waals surface area contributed by atoms with Crippen molar-refractivity contribution in [1.29, 1.82) is 5.26 Å². The van der Waals surface area contributed by atoms with Crippen LogP contribution in [0.4, 0.5) is 0 Å². The fourth-order valence-electron chi connectivity index (χ4n) is 3.23. The Balaban J connectivity index is 1.94. The molecule has 0 aliphatic heterocycles. The molecule has 0 saturated heterocycles. The van der Waals surface area contributed by atoms with Gasteiger partial charge in [-0.15, -0.1) is 0 Å². The lowest BCUT2D eigenvalue weighted by molar-refractivity contribution is 0.0550. The smallest absolute Gasteiger partial charge is 0.338 e. The van der Waals surface area contributed by atoms with Crippen molar-refractivity contribution in [2.24, 2.45) is 0 Å². The van der Waals surface area contributed by atoms with Crippen molar-refractivity contribution in [1.82, 2.24) is 4.57 Å². The molecule has 0 radical (unpaired) electrons. The number of hydrogen-bond acceptors (Lipinski definition) is 4. The first-order chi connectivity index (χ1) is 13.5. The molecular weight excluding hydrogens is 352 g/mol. The van der Waals surface area contributed by atoms with Gasteiger partial charge in [0, 0.05) is 23.1 Å². The lowest BCUT2D eigenvalue weighted by Gasteiger charge is -2.10. The Morgan fingerprint density at radius 2 is 2.07 bits per heavy atom. The van der Waals surface area contributed by atoms with Crippen LogP contribution < -0.4 is 4.74 Å². The molecule has 3 rings (SSSR count). The minimum absolute atomic E-state index is 0.0266. The Bertz CT molecular complexity index is 1070. The fourth-order valence-corrected chi connectivity index (χ4v) is 3.23. The number of benzene rings is 2. The maximum atomic E-state index is 12.2. The van der Waals surface area contributed by atoms with Crippen LogP contribution in [0.2, 0.25) is 0 Å². The first-order valence-corrected chi connectivity index (χ1v) is 9.01. The molecule has 1 heterocycles. The number of hydrogen-bond donors (Lipinski definition) is 0. The van der Waals surface area contributed by atoms with E-state index < -0.39 is 0 Å². The van der Waals surface area contributed by atoms with E-state index in [9.17, 15) is 4.79 Å². The summed E-state index contributed by atoms with van der Waals surface area (Å²) >= 11 is 0. The van der Waals surface area contributed by atoms with E-state index in [0.717, 1.165) is 27.7 Å². The van der Waals surface area contributed by atoms with Gasteiger partial charge < -0.3 is 14.0 Å². The topological polar surface area (TPSA) is 64.2 Å². The van der Waals surface area contributed by atoms with Crippen LogP contribution in [0.15, 0.2) is 55.1 Å². The SMILES string of the molecule is C=CCOC(=O)c1ccc2c(c1)c(C)c(C)n2Cc1cccc(OCC#N)c1. The molecule has 0 unspecified atom stereocenters. The second kappa shape index (κ2) is 8.45. The molecule has 0 amide bonds. The van der Waals surface area contributed by atoms with Crippen LogP contribution in [-0.4, -0.2) is 23.8 Å². The quantitative estimate of drug-likeness (QED) is 0.449. The molecule has 5 heteroatoms. The van der Waals surface area contributed by atoms with Crippen molar-refractivity contribution >= 4 is 16.9 Å². The Labute approximate surface area is 164 Å². The fraction of sp³-hybridized carbons (Fsp3) is 0.217. The summed E-state index contributed by atoms with van der Waals surface area (Å²) in [4.78, 5) is 12.2. The van der Waals surface area contributed by atoms with Gasteiger partial charge >= 0.3 is 5.97 Å². The van der Waals surface area contributed by atoms with Gasteiger partial charge in [0.2, 0.25) is 0 Å². The van der Waals surface area contributed by atoms with Gasteiger partial charge in [0.05, 0.1) is 5.56 Å². The van der Waals surface area contributed by atoms with E-state index in [2.05, 4.69) is 25.0 Å². The molecular formula is C23H22N2O3. The number of aromatic nitrogens is 1. The number of rotatable bonds is 7. The Morgan fingerprint density at radius 1 is 1.25 bits per heavy atom. The molecule has 0 N–H and O–H groups in total. The minimum atomic E-state index is -0.353. The number of nitriles is 1. The summed E-state index contributed by atoms with van der Waals surface area (Å²) in [5.41, 5.74) is 4.92. The number of esters is 1. The van der Waals surface area contributed by atoms with Crippen LogP contribution in [-0.2, 0) is 11.3 Å². The maximum absolute atomic E-state index is 12.2. The third-order valence-electron chi connectivity index (χ3n) is 4.75. The van der Waals surface area contributed by atoms with Crippen molar-refractivity contribution in [3.63, 3.8) is 0 Å². The Morgan fingerprint density at radius 3 is 2.82 bits per heavy atom. The maximum Gasteiger partial charge on any atom is 0.338 e. The number of fused-ring (bicyclic) bond motifs is 1. The van der Waals surface area contributed by atoms with Crippen LogP contribution in [0, 0.1) is 25.2 Å². The lowest BCUT2D eigenvalue weighted by Crippen LogP contribution is -2.05. The summed E-state index contributed by atoms with van der Waals surface area (Å²) in [6.45, 7) is 8.58. The molecule has 0 saturated carbocycles. The molecule has 0 aliphatic rings. The van der Waals surface area contributed by atoms with E-state index >= 15 is 0 Å². The first-order valence-electron chi connectivity index (χ1n) is 9.01. The summed E-state index contributed by atoms with van der Waals surface area (Å²) in [6, 6.07) is 15.3. The van der Waals surface area contributed by atoms with Gasteiger partial charge in [-0.2, -0.15) is 5.26 Å². The average Bonchev–Trinajstić information content (AvgIpc) is 2.95. The molecule has 5 nitrogen and oxygen atoms in total. The summed E-state index contributed by atoms with van der Waals surface area (Å²) in [6.07, 6.45) is 1.55. The van der Waals surface area contributed by atoms with Gasteiger partial charge in [-0.25, -0.2) is 4.79 Å². The van der Waals surface area contributed by atoms with Crippen molar-refractivity contribution in [3.8, 4) is 11.8 Å². The number of aryl methyl sites for hydroxylation is 1. The molecule has 0 fully saturated rings. The molecule has 142 valence electrons. The number of ether oxygens (including phenoxy) is 2. The largest absolute Gasteiger partial charge is 0.479 e. The molecule has 2 aromatic carbocycles. The zero-order valence-electron chi connectivity index (χ0n) is 16.1. The summed E-state index contributed by atoms with van der Waals surface area (Å²) in [5.74, 6) is 0.325. The van der Waals surface area contributed by atoms with E-state index in [1.807, 2.05) is 42.5 Å². The predicted octanol–water partition coefficient (Wildman–Crippen LogP) is 4.55. The zero-order valence-corrected chi connectivity index (χ0v) is 16.1. The number of nitrogens with zero attached hydrogens (tertiary/aromatic N) is 2. The molecule has 0 atom stereocenters. The second-order valence-electron chi connectivity index (χ2n) is 6.51. The van der Waals surface area contributed by atoms with Gasteiger partial charge in [-0.1, -0.05) is 24.8 Å². The van der Waals surface area contributed by atoms with Crippen LogP contribution >= 0.6 is 0 Å². The third-order valence-corrected chi connectivity index (χ3v) is 4.75. The van der Waals surface area contributed by atoms with Crippen molar-refractivity contribution in [3.05, 3.63) is 77.5 Å². The Kier molecular flexibility index (Phi) is 5.81. The van der Waals surface area contributed by atoms with Gasteiger partial charge in [0.25, 0.3) is 0 Å². The third kappa shape index (κ3) is 3.91. The molecule has 0 bridgehead atoms. The lowest BCUT2D eigenvalue weighted by atomic mass is 10.1. The van der Waals surface area contributed by atoms with Crippen molar-refractivity contribution in [2.75, 3.05) is 13.2 Å². The molecule has 0 spiro atoms. The average molecular weight is 374 g/mol. The highest BCUT2D eigenvalue weighted by Gasteiger charge is 2.15.